The number of β-amino-alcohol motifs (C(OH)–C–C–N with tert-alkyl or cyclic N) is 1. The number of nitrogens with one attached hydrogen (secondary N) is 1. The molecule has 0 heterocycles. The van der Waals surface area contributed by atoms with Crippen molar-refractivity contribution in [2.24, 2.45) is 0 Å². The van der Waals surface area contributed by atoms with Gasteiger partial charge in [0, 0.05) is 19.2 Å². The van der Waals surface area contributed by atoms with Crippen LogP contribution in [0.5, 0.6) is 5.75 Å². The zero-order chi connectivity index (χ0) is 14.3. The Morgan fingerprint density at radius 3 is 2.47 bits per heavy atom. The molecule has 108 valence electrons. The standard InChI is InChI=1S/C15H25NO3/c1-12-5-7-14(8-6-12)19-10-13(17)9-16-15(2,3)11-18-4/h5-8,13,16-17H,9-11H2,1-4H3. The Kier molecular flexibility index (Phi) is 6.28. The van der Waals surface area contributed by atoms with E-state index >= 15 is 0 Å². The van der Waals surface area contributed by atoms with Gasteiger partial charge in [0.15, 0.2) is 0 Å². The minimum absolute atomic E-state index is 0.153. The summed E-state index contributed by atoms with van der Waals surface area (Å²) < 4.78 is 10.6. The number of ether oxygens (including phenoxy) is 2. The summed E-state index contributed by atoms with van der Waals surface area (Å²) in [5.41, 5.74) is 1.04. The normalized spacial score (nSPS) is 13.3. The molecule has 4 heteroatoms. The highest BCUT2D eigenvalue weighted by Crippen LogP contribution is 2.11. The molecular formula is C15H25NO3. The number of hydrogen-bond donors (Lipinski definition) is 2. The molecule has 0 aliphatic carbocycles. The maximum atomic E-state index is 9.87. The highest BCUT2D eigenvalue weighted by atomic mass is 16.5. The van der Waals surface area contributed by atoms with Gasteiger partial charge in [0.2, 0.25) is 0 Å². The number of hydrogen-bond acceptors (Lipinski definition) is 4. The first-order valence-corrected chi connectivity index (χ1v) is 6.54. The number of benzene rings is 1. The fourth-order valence-corrected chi connectivity index (χ4v) is 1.69. The first kappa shape index (κ1) is 16.0. The van der Waals surface area contributed by atoms with Gasteiger partial charge in [-0.1, -0.05) is 17.7 Å². The van der Waals surface area contributed by atoms with Crippen molar-refractivity contribution in [2.45, 2.75) is 32.4 Å². The van der Waals surface area contributed by atoms with Crippen molar-refractivity contribution in [3.8, 4) is 5.75 Å². The third-order valence-electron chi connectivity index (χ3n) is 2.78. The van der Waals surface area contributed by atoms with E-state index in [9.17, 15) is 5.11 Å². The molecular weight excluding hydrogens is 242 g/mol. The maximum Gasteiger partial charge on any atom is 0.119 e. The van der Waals surface area contributed by atoms with Crippen molar-refractivity contribution in [2.75, 3.05) is 26.9 Å². The predicted octanol–water partition coefficient (Wildman–Crippen LogP) is 1.75. The van der Waals surface area contributed by atoms with Crippen LogP contribution in [0.3, 0.4) is 0 Å². The van der Waals surface area contributed by atoms with Crippen molar-refractivity contribution in [1.29, 1.82) is 0 Å². The Hall–Kier alpha value is -1.10. The average molecular weight is 267 g/mol. The number of rotatable bonds is 8. The molecule has 0 aliphatic heterocycles. The highest BCUT2D eigenvalue weighted by Gasteiger charge is 2.18. The lowest BCUT2D eigenvalue weighted by molar-refractivity contribution is 0.0813. The lowest BCUT2D eigenvalue weighted by Crippen LogP contribution is -2.47. The molecule has 19 heavy (non-hydrogen) atoms. The van der Waals surface area contributed by atoms with E-state index in [2.05, 4.69) is 5.32 Å². The zero-order valence-corrected chi connectivity index (χ0v) is 12.3. The molecule has 2 N–H and O–H groups in total. The third kappa shape index (κ3) is 6.57. The molecule has 0 radical (unpaired) electrons. The molecule has 1 unspecified atom stereocenters. The number of aliphatic hydroxyl groups is 1. The maximum absolute atomic E-state index is 9.87. The minimum atomic E-state index is -0.544. The summed E-state index contributed by atoms with van der Waals surface area (Å²) in [6.07, 6.45) is -0.544. The second-order valence-corrected chi connectivity index (χ2v) is 5.48. The van der Waals surface area contributed by atoms with E-state index in [0.717, 1.165) is 5.75 Å². The summed E-state index contributed by atoms with van der Waals surface area (Å²) in [5.74, 6) is 0.779. The first-order chi connectivity index (χ1) is 8.93. The molecule has 1 rings (SSSR count). The quantitative estimate of drug-likeness (QED) is 0.753. The molecule has 4 nitrogen and oxygen atoms in total. The van der Waals surface area contributed by atoms with Crippen molar-refractivity contribution >= 4 is 0 Å². The first-order valence-electron chi connectivity index (χ1n) is 6.54. The van der Waals surface area contributed by atoms with Crippen LogP contribution in [0.2, 0.25) is 0 Å². The Balaban J connectivity index is 2.28. The lowest BCUT2D eigenvalue weighted by atomic mass is 10.1. The van der Waals surface area contributed by atoms with Gasteiger partial charge < -0.3 is 19.9 Å². The summed E-state index contributed by atoms with van der Waals surface area (Å²) >= 11 is 0. The predicted molar refractivity (Wildman–Crippen MR) is 76.6 cm³/mol. The van der Waals surface area contributed by atoms with Gasteiger partial charge in [-0.2, -0.15) is 0 Å². The van der Waals surface area contributed by atoms with Crippen LogP contribution in [-0.4, -0.2) is 43.6 Å². The molecule has 0 fully saturated rings. The van der Waals surface area contributed by atoms with Gasteiger partial charge in [0.1, 0.15) is 18.5 Å². The van der Waals surface area contributed by atoms with Crippen LogP contribution < -0.4 is 10.1 Å². The molecule has 1 aromatic carbocycles. The van der Waals surface area contributed by atoms with E-state index in [0.29, 0.717) is 13.2 Å². The van der Waals surface area contributed by atoms with Gasteiger partial charge in [-0.15, -0.1) is 0 Å². The van der Waals surface area contributed by atoms with Crippen molar-refractivity contribution in [3.05, 3.63) is 29.8 Å². The molecule has 1 aromatic rings. The van der Waals surface area contributed by atoms with Crippen LogP contribution in [0, 0.1) is 6.92 Å². The second kappa shape index (κ2) is 7.48. The molecule has 0 aromatic heterocycles. The Bertz CT molecular complexity index is 362. The monoisotopic (exact) mass is 267 g/mol. The van der Waals surface area contributed by atoms with E-state index in [-0.39, 0.29) is 12.1 Å². The fraction of sp³-hybridized carbons (Fsp3) is 0.600. The van der Waals surface area contributed by atoms with Gasteiger partial charge in [0.25, 0.3) is 0 Å². The minimum Gasteiger partial charge on any atom is -0.491 e. The molecule has 1 atom stereocenters. The summed E-state index contributed by atoms with van der Waals surface area (Å²) in [6, 6.07) is 7.79. The summed E-state index contributed by atoms with van der Waals surface area (Å²) in [4.78, 5) is 0. The molecule has 0 spiro atoms. The van der Waals surface area contributed by atoms with E-state index in [1.807, 2.05) is 45.0 Å². The Morgan fingerprint density at radius 1 is 1.26 bits per heavy atom. The molecule has 0 saturated heterocycles. The summed E-state index contributed by atoms with van der Waals surface area (Å²) in [7, 11) is 1.67. The molecule has 0 bridgehead atoms. The van der Waals surface area contributed by atoms with Crippen LogP contribution in [0.15, 0.2) is 24.3 Å². The van der Waals surface area contributed by atoms with Crippen LogP contribution in [0.4, 0.5) is 0 Å². The van der Waals surface area contributed by atoms with E-state index < -0.39 is 6.10 Å². The molecule has 0 amide bonds. The summed E-state index contributed by atoms with van der Waals surface area (Å²) in [6.45, 7) is 7.44. The van der Waals surface area contributed by atoms with E-state index in [4.69, 9.17) is 9.47 Å². The number of methoxy groups -OCH3 is 1. The SMILES string of the molecule is COCC(C)(C)NCC(O)COc1ccc(C)cc1. The van der Waals surface area contributed by atoms with Crippen molar-refractivity contribution in [3.63, 3.8) is 0 Å². The van der Waals surface area contributed by atoms with Crippen LogP contribution in [-0.2, 0) is 4.74 Å². The Labute approximate surface area is 115 Å². The van der Waals surface area contributed by atoms with Crippen LogP contribution >= 0.6 is 0 Å². The average Bonchev–Trinajstić information content (AvgIpc) is 2.36. The third-order valence-corrected chi connectivity index (χ3v) is 2.78. The van der Waals surface area contributed by atoms with E-state index in [1.54, 1.807) is 7.11 Å². The van der Waals surface area contributed by atoms with E-state index in [1.165, 1.54) is 5.56 Å². The number of aliphatic hydroxyl groups excluding tert-OH is 1. The van der Waals surface area contributed by atoms with Gasteiger partial charge >= 0.3 is 0 Å². The summed E-state index contributed by atoms with van der Waals surface area (Å²) in [5, 5.41) is 13.1. The number of aryl methyl sites for hydroxylation is 1. The molecule has 0 aliphatic rings. The topological polar surface area (TPSA) is 50.7 Å². The van der Waals surface area contributed by atoms with Crippen molar-refractivity contribution < 1.29 is 14.6 Å². The lowest BCUT2D eigenvalue weighted by Gasteiger charge is -2.26. The fourth-order valence-electron chi connectivity index (χ4n) is 1.69. The van der Waals surface area contributed by atoms with Gasteiger partial charge in [-0.05, 0) is 32.9 Å². The smallest absolute Gasteiger partial charge is 0.119 e. The largest absolute Gasteiger partial charge is 0.491 e. The van der Waals surface area contributed by atoms with Crippen LogP contribution in [0.25, 0.3) is 0 Å². The van der Waals surface area contributed by atoms with Crippen LogP contribution in [0.1, 0.15) is 19.4 Å². The van der Waals surface area contributed by atoms with Gasteiger partial charge in [-0.3, -0.25) is 0 Å². The zero-order valence-electron chi connectivity index (χ0n) is 12.3. The van der Waals surface area contributed by atoms with Gasteiger partial charge in [0.05, 0.1) is 6.61 Å². The second-order valence-electron chi connectivity index (χ2n) is 5.48. The Morgan fingerprint density at radius 2 is 1.89 bits per heavy atom. The van der Waals surface area contributed by atoms with Crippen molar-refractivity contribution in [1.82, 2.24) is 5.32 Å². The highest BCUT2D eigenvalue weighted by molar-refractivity contribution is 5.26. The van der Waals surface area contributed by atoms with Gasteiger partial charge in [-0.25, -0.2) is 0 Å². The molecule has 0 saturated carbocycles.